The molecule has 0 unspecified atom stereocenters. The summed E-state index contributed by atoms with van der Waals surface area (Å²) in [5.74, 6) is 0.999. The van der Waals surface area contributed by atoms with E-state index in [0.717, 1.165) is 16.8 Å². The lowest BCUT2D eigenvalue weighted by atomic mass is 10.1. The molecule has 0 aliphatic heterocycles. The van der Waals surface area contributed by atoms with Crippen molar-refractivity contribution in [2.45, 2.75) is 39.8 Å². The fourth-order valence-electron chi connectivity index (χ4n) is 1.92. The minimum Gasteiger partial charge on any atom is -0.308 e. The molecule has 2 rings (SSSR count). The summed E-state index contributed by atoms with van der Waals surface area (Å²) >= 11 is 3.55. The molecular weight excluding hydrogens is 302 g/mol. The van der Waals surface area contributed by atoms with Crippen LogP contribution in [-0.2, 0) is 6.54 Å². The van der Waals surface area contributed by atoms with E-state index in [0.29, 0.717) is 0 Å². The van der Waals surface area contributed by atoms with Crippen LogP contribution >= 0.6 is 15.9 Å². The molecule has 1 aromatic heterocycles. The number of aromatic nitrogens is 2. The second-order valence-corrected chi connectivity index (χ2v) is 6.64. The van der Waals surface area contributed by atoms with Gasteiger partial charge in [-0.2, -0.15) is 0 Å². The molecule has 4 heteroatoms. The van der Waals surface area contributed by atoms with Gasteiger partial charge < -0.3 is 9.88 Å². The van der Waals surface area contributed by atoms with Gasteiger partial charge in [0.25, 0.3) is 0 Å². The molecule has 1 heterocycles. The van der Waals surface area contributed by atoms with E-state index in [1.54, 1.807) is 0 Å². The van der Waals surface area contributed by atoms with E-state index in [2.05, 4.69) is 69.8 Å². The highest BCUT2D eigenvalue weighted by Gasteiger charge is 2.12. The maximum Gasteiger partial charge on any atom is 0.110 e. The van der Waals surface area contributed by atoms with Gasteiger partial charge in [0.1, 0.15) is 5.82 Å². The van der Waals surface area contributed by atoms with Crippen LogP contribution in [-0.4, -0.2) is 15.1 Å². The van der Waals surface area contributed by atoms with Crippen molar-refractivity contribution < 1.29 is 0 Å². The van der Waals surface area contributed by atoms with E-state index in [1.165, 1.54) is 11.3 Å². The monoisotopic (exact) mass is 321 g/mol. The molecule has 1 N–H and O–H groups in total. The minimum atomic E-state index is 0.101. The zero-order valence-corrected chi connectivity index (χ0v) is 13.5. The lowest BCUT2D eigenvalue weighted by Gasteiger charge is -2.22. The summed E-state index contributed by atoms with van der Waals surface area (Å²) in [6.45, 7) is 9.37. The van der Waals surface area contributed by atoms with Gasteiger partial charge >= 0.3 is 0 Å². The topological polar surface area (TPSA) is 29.9 Å². The molecule has 19 heavy (non-hydrogen) atoms. The molecule has 2 aromatic rings. The van der Waals surface area contributed by atoms with Gasteiger partial charge in [-0.05, 0) is 51.5 Å². The summed E-state index contributed by atoms with van der Waals surface area (Å²) < 4.78 is 3.21. The Morgan fingerprint density at radius 2 is 2.05 bits per heavy atom. The molecule has 0 radical (unpaired) electrons. The van der Waals surface area contributed by atoms with Crippen LogP contribution in [0.2, 0.25) is 0 Å². The Hall–Kier alpha value is -1.13. The molecule has 1 aromatic carbocycles. The van der Waals surface area contributed by atoms with Gasteiger partial charge in [-0.15, -0.1) is 0 Å². The third kappa shape index (κ3) is 3.67. The second kappa shape index (κ2) is 5.47. The van der Waals surface area contributed by atoms with Crippen molar-refractivity contribution in [1.29, 1.82) is 0 Å². The molecule has 0 amide bonds. The Morgan fingerprint density at radius 1 is 1.32 bits per heavy atom. The van der Waals surface area contributed by atoms with E-state index in [-0.39, 0.29) is 5.54 Å². The number of halogens is 1. The van der Waals surface area contributed by atoms with Crippen LogP contribution in [0, 0.1) is 6.92 Å². The van der Waals surface area contributed by atoms with Crippen molar-refractivity contribution in [3.8, 4) is 5.69 Å². The van der Waals surface area contributed by atoms with E-state index < -0.39 is 0 Å². The Kier molecular flexibility index (Phi) is 4.11. The first-order valence-electron chi connectivity index (χ1n) is 6.40. The highest BCUT2D eigenvalue weighted by molar-refractivity contribution is 9.10. The highest BCUT2D eigenvalue weighted by Crippen LogP contribution is 2.22. The van der Waals surface area contributed by atoms with Gasteiger partial charge in [-0.1, -0.05) is 15.9 Å². The van der Waals surface area contributed by atoms with E-state index in [1.807, 2.05) is 19.3 Å². The number of hydrogen-bond acceptors (Lipinski definition) is 2. The maximum atomic E-state index is 4.30. The van der Waals surface area contributed by atoms with Gasteiger partial charge in [-0.3, -0.25) is 0 Å². The normalized spacial score (nSPS) is 11.8. The average Bonchev–Trinajstić information content (AvgIpc) is 2.72. The first-order chi connectivity index (χ1) is 8.87. The first-order valence-corrected chi connectivity index (χ1v) is 7.20. The molecule has 0 atom stereocenters. The first kappa shape index (κ1) is 14.3. The molecule has 102 valence electrons. The number of nitrogens with zero attached hydrogens (tertiary/aromatic N) is 2. The van der Waals surface area contributed by atoms with Crippen molar-refractivity contribution in [3.63, 3.8) is 0 Å². The fourth-order valence-corrected chi connectivity index (χ4v) is 2.33. The van der Waals surface area contributed by atoms with Crippen LogP contribution in [0.15, 0.2) is 35.1 Å². The molecule has 3 nitrogen and oxygen atoms in total. The van der Waals surface area contributed by atoms with E-state index >= 15 is 0 Å². The van der Waals surface area contributed by atoms with Gasteiger partial charge in [0.15, 0.2) is 0 Å². The molecule has 0 saturated heterocycles. The summed E-state index contributed by atoms with van der Waals surface area (Å²) in [5.41, 5.74) is 2.53. The highest BCUT2D eigenvalue weighted by atomic mass is 79.9. The summed E-state index contributed by atoms with van der Waals surface area (Å²) in [4.78, 5) is 4.30. The van der Waals surface area contributed by atoms with Gasteiger partial charge in [-0.25, -0.2) is 4.98 Å². The van der Waals surface area contributed by atoms with Crippen LogP contribution in [0.1, 0.15) is 32.2 Å². The number of benzene rings is 1. The molecule has 0 aliphatic rings. The van der Waals surface area contributed by atoms with Crippen molar-refractivity contribution in [2.24, 2.45) is 0 Å². The molecule has 0 bridgehead atoms. The zero-order chi connectivity index (χ0) is 14.0. The summed E-state index contributed by atoms with van der Waals surface area (Å²) in [6.07, 6.45) is 3.83. The standard InChI is InChI=1S/C15H20BrN3/c1-11-17-7-8-19(11)14-6-5-13(16)9-12(14)10-18-15(2,3)4/h5-9,18H,10H2,1-4H3. The largest absolute Gasteiger partial charge is 0.308 e. The van der Waals surface area contributed by atoms with Crippen LogP contribution < -0.4 is 5.32 Å². The van der Waals surface area contributed by atoms with Crippen molar-refractivity contribution in [3.05, 3.63) is 46.5 Å². The van der Waals surface area contributed by atoms with Gasteiger partial charge in [0, 0.05) is 29.0 Å². The number of imidazole rings is 1. The zero-order valence-electron chi connectivity index (χ0n) is 11.9. The maximum absolute atomic E-state index is 4.30. The molecular formula is C15H20BrN3. The Morgan fingerprint density at radius 3 is 2.63 bits per heavy atom. The van der Waals surface area contributed by atoms with E-state index in [4.69, 9.17) is 0 Å². The van der Waals surface area contributed by atoms with Crippen LogP contribution in [0.5, 0.6) is 0 Å². The quantitative estimate of drug-likeness (QED) is 0.931. The minimum absolute atomic E-state index is 0.101. The predicted octanol–water partition coefficient (Wildman–Crippen LogP) is 3.83. The predicted molar refractivity (Wildman–Crippen MR) is 82.6 cm³/mol. The van der Waals surface area contributed by atoms with Crippen molar-refractivity contribution in [1.82, 2.24) is 14.9 Å². The Labute approximate surface area is 123 Å². The lowest BCUT2D eigenvalue weighted by molar-refractivity contribution is 0.424. The lowest BCUT2D eigenvalue weighted by Crippen LogP contribution is -2.35. The van der Waals surface area contributed by atoms with Crippen LogP contribution in [0.3, 0.4) is 0 Å². The Balaban J connectivity index is 2.36. The van der Waals surface area contributed by atoms with Crippen LogP contribution in [0.4, 0.5) is 0 Å². The second-order valence-electron chi connectivity index (χ2n) is 5.72. The van der Waals surface area contributed by atoms with Crippen LogP contribution in [0.25, 0.3) is 5.69 Å². The van der Waals surface area contributed by atoms with Gasteiger partial charge in [0.05, 0.1) is 5.69 Å². The van der Waals surface area contributed by atoms with Crippen molar-refractivity contribution in [2.75, 3.05) is 0 Å². The van der Waals surface area contributed by atoms with E-state index in [9.17, 15) is 0 Å². The molecule has 0 spiro atoms. The number of rotatable bonds is 3. The molecule has 0 aliphatic carbocycles. The number of hydrogen-bond donors (Lipinski definition) is 1. The number of nitrogens with one attached hydrogen (secondary N) is 1. The summed E-state index contributed by atoms with van der Waals surface area (Å²) in [6, 6.07) is 6.35. The molecule has 0 saturated carbocycles. The van der Waals surface area contributed by atoms with Gasteiger partial charge in [0.2, 0.25) is 0 Å². The smallest absolute Gasteiger partial charge is 0.110 e. The molecule has 0 fully saturated rings. The van der Waals surface area contributed by atoms with Crippen molar-refractivity contribution >= 4 is 15.9 Å². The SMILES string of the molecule is Cc1nccn1-c1ccc(Br)cc1CNC(C)(C)C. The fraction of sp³-hybridized carbons (Fsp3) is 0.400. The third-order valence-corrected chi connectivity index (χ3v) is 3.43. The summed E-state index contributed by atoms with van der Waals surface area (Å²) in [5, 5.41) is 3.53. The third-order valence-electron chi connectivity index (χ3n) is 2.94. The Bertz CT molecular complexity index is 567. The number of aryl methyl sites for hydroxylation is 1. The average molecular weight is 322 g/mol. The summed E-state index contributed by atoms with van der Waals surface area (Å²) in [7, 11) is 0.